The van der Waals surface area contributed by atoms with Crippen LogP contribution < -0.4 is 5.73 Å². The molecule has 1 aromatic heterocycles. The third-order valence-corrected chi connectivity index (χ3v) is 2.30. The summed E-state index contributed by atoms with van der Waals surface area (Å²) in [6, 6.07) is 3.85. The molecule has 0 amide bonds. The first-order chi connectivity index (χ1) is 6.36. The quantitative estimate of drug-likeness (QED) is 0.748. The first-order valence-electron chi connectivity index (χ1n) is 4.48. The molecule has 1 rings (SSSR count). The van der Waals surface area contributed by atoms with Gasteiger partial charge >= 0.3 is 0 Å². The Labute approximate surface area is 84.8 Å². The van der Waals surface area contributed by atoms with E-state index in [1.807, 2.05) is 26.0 Å². The van der Waals surface area contributed by atoms with Crippen LogP contribution in [0.15, 0.2) is 12.1 Å². The summed E-state index contributed by atoms with van der Waals surface area (Å²) in [7, 11) is 1.50. The summed E-state index contributed by atoms with van der Waals surface area (Å²) < 4.78 is 0. The van der Waals surface area contributed by atoms with Gasteiger partial charge in [0.2, 0.25) is 0 Å². The molecule has 0 aliphatic heterocycles. The lowest BCUT2D eigenvalue weighted by atomic mass is 10.4. The molecule has 0 bridgehead atoms. The van der Waals surface area contributed by atoms with E-state index in [4.69, 9.17) is 0 Å². The minimum absolute atomic E-state index is 0.826. The van der Waals surface area contributed by atoms with Crippen LogP contribution in [0.4, 0.5) is 0 Å². The molecule has 76 valence electrons. The van der Waals surface area contributed by atoms with Crippen molar-refractivity contribution in [3.8, 4) is 0 Å². The first-order valence-corrected chi connectivity index (χ1v) is 5.30. The molecule has 3 heteroatoms. The second-order valence-electron chi connectivity index (χ2n) is 1.78. The Hall–Kier alpha value is -0.670. The fourth-order valence-corrected chi connectivity index (χ4v) is 1.42. The van der Waals surface area contributed by atoms with E-state index < -0.39 is 0 Å². The Morgan fingerprint density at radius 2 is 1.92 bits per heavy atom. The number of aryl methyl sites for hydroxylation is 1. The molecular weight excluding hydrogens is 182 g/mol. The Morgan fingerprint density at radius 3 is 2.15 bits per heavy atom. The van der Waals surface area contributed by atoms with Gasteiger partial charge < -0.3 is 5.73 Å². The summed E-state index contributed by atoms with van der Waals surface area (Å²) in [5.41, 5.74) is 4.50. The maximum atomic E-state index is 10.1. The lowest BCUT2D eigenvalue weighted by Crippen LogP contribution is -1.69. The van der Waals surface area contributed by atoms with Gasteiger partial charge in [0.1, 0.15) is 0 Å². The second-order valence-corrected chi connectivity index (χ2v) is 2.98. The molecule has 0 aromatic carbocycles. The molecule has 2 N–H and O–H groups in total. The average molecular weight is 201 g/mol. The van der Waals surface area contributed by atoms with Crippen molar-refractivity contribution in [3.63, 3.8) is 0 Å². The molecule has 1 aromatic rings. The van der Waals surface area contributed by atoms with Gasteiger partial charge in [-0.2, -0.15) is 0 Å². The lowest BCUT2D eigenvalue weighted by Gasteiger charge is -1.80. The number of aldehydes is 1. The van der Waals surface area contributed by atoms with Crippen molar-refractivity contribution < 1.29 is 4.79 Å². The molecule has 0 aliphatic carbocycles. The summed E-state index contributed by atoms with van der Waals surface area (Å²) in [5.74, 6) is 0. The van der Waals surface area contributed by atoms with Crippen molar-refractivity contribution in [2.24, 2.45) is 5.73 Å². The molecule has 0 saturated carbocycles. The minimum atomic E-state index is 0.826. The maximum Gasteiger partial charge on any atom is 0.160 e. The first kappa shape index (κ1) is 14.8. The van der Waals surface area contributed by atoms with Crippen LogP contribution in [-0.4, -0.2) is 13.3 Å². The summed E-state index contributed by atoms with van der Waals surface area (Å²) in [4.78, 5) is 12.2. The van der Waals surface area contributed by atoms with Crippen molar-refractivity contribution in [2.75, 3.05) is 7.05 Å². The standard InChI is InChI=1S/C7H8OS.C2H6.CH5N/c1-2-6-3-4-7(5-8)9-6;2*1-2/h3-5H,2H2,1H3;1-2H3;2H2,1H3. The Balaban J connectivity index is 0. The Bertz CT molecular complexity index is 208. The van der Waals surface area contributed by atoms with Gasteiger partial charge in [0.25, 0.3) is 0 Å². The zero-order chi connectivity index (χ0) is 10.7. The highest BCUT2D eigenvalue weighted by Gasteiger charge is 1.93. The fraction of sp³-hybridized carbons (Fsp3) is 0.500. The predicted octanol–water partition coefficient (Wildman–Crippen LogP) is 2.72. The van der Waals surface area contributed by atoms with Crippen LogP contribution in [0, 0.1) is 0 Å². The SMILES string of the molecule is CC.CCc1ccc(C=O)s1.CN. The van der Waals surface area contributed by atoms with Crippen LogP contribution in [0.3, 0.4) is 0 Å². The van der Waals surface area contributed by atoms with Gasteiger partial charge in [-0.1, -0.05) is 20.8 Å². The zero-order valence-corrected chi connectivity index (χ0v) is 9.65. The molecular formula is C10H19NOS. The average Bonchev–Trinajstić information content (AvgIpc) is 2.71. The number of carbonyl (C=O) groups is 1. The van der Waals surface area contributed by atoms with E-state index in [2.05, 4.69) is 12.7 Å². The third-order valence-electron chi connectivity index (χ3n) is 1.15. The molecule has 0 fully saturated rings. The van der Waals surface area contributed by atoms with Crippen LogP contribution >= 0.6 is 11.3 Å². The molecule has 0 spiro atoms. The van der Waals surface area contributed by atoms with E-state index in [0.29, 0.717) is 0 Å². The van der Waals surface area contributed by atoms with Crippen LogP contribution in [0.5, 0.6) is 0 Å². The van der Waals surface area contributed by atoms with Crippen molar-refractivity contribution in [1.29, 1.82) is 0 Å². The van der Waals surface area contributed by atoms with Crippen molar-refractivity contribution >= 4 is 17.6 Å². The van der Waals surface area contributed by atoms with E-state index in [0.717, 1.165) is 17.6 Å². The van der Waals surface area contributed by atoms with Gasteiger partial charge in [0.05, 0.1) is 4.88 Å². The Kier molecular flexibility index (Phi) is 12.9. The fourth-order valence-electron chi connectivity index (χ4n) is 0.648. The van der Waals surface area contributed by atoms with Gasteiger partial charge in [0, 0.05) is 4.88 Å². The van der Waals surface area contributed by atoms with Crippen molar-refractivity contribution in [3.05, 3.63) is 21.9 Å². The normalized spacial score (nSPS) is 7.46. The van der Waals surface area contributed by atoms with Crippen LogP contribution in [0.2, 0.25) is 0 Å². The molecule has 0 radical (unpaired) electrons. The molecule has 0 unspecified atom stereocenters. The minimum Gasteiger partial charge on any atom is -0.333 e. The van der Waals surface area contributed by atoms with Crippen LogP contribution in [0.1, 0.15) is 35.3 Å². The highest BCUT2D eigenvalue weighted by Crippen LogP contribution is 2.13. The topological polar surface area (TPSA) is 43.1 Å². The third kappa shape index (κ3) is 6.49. The summed E-state index contributed by atoms with van der Waals surface area (Å²) in [6.45, 7) is 6.08. The molecule has 0 aliphatic rings. The highest BCUT2D eigenvalue weighted by atomic mass is 32.1. The largest absolute Gasteiger partial charge is 0.333 e. The number of nitrogens with two attached hydrogens (primary N) is 1. The molecule has 13 heavy (non-hydrogen) atoms. The van der Waals surface area contributed by atoms with Crippen LogP contribution in [0.25, 0.3) is 0 Å². The summed E-state index contributed by atoms with van der Waals surface area (Å²) >= 11 is 1.56. The van der Waals surface area contributed by atoms with E-state index >= 15 is 0 Å². The molecule has 0 saturated heterocycles. The van der Waals surface area contributed by atoms with Gasteiger partial charge in [-0.05, 0) is 25.6 Å². The van der Waals surface area contributed by atoms with Crippen LogP contribution in [-0.2, 0) is 6.42 Å². The van der Waals surface area contributed by atoms with Crippen molar-refractivity contribution in [2.45, 2.75) is 27.2 Å². The monoisotopic (exact) mass is 201 g/mol. The predicted molar refractivity (Wildman–Crippen MR) is 60.5 cm³/mol. The highest BCUT2D eigenvalue weighted by molar-refractivity contribution is 7.13. The van der Waals surface area contributed by atoms with Gasteiger partial charge in [-0.25, -0.2) is 0 Å². The van der Waals surface area contributed by atoms with Gasteiger partial charge in [-0.3, -0.25) is 4.79 Å². The van der Waals surface area contributed by atoms with E-state index in [-0.39, 0.29) is 0 Å². The van der Waals surface area contributed by atoms with Crippen molar-refractivity contribution in [1.82, 2.24) is 0 Å². The number of thiophene rings is 1. The molecule has 2 nitrogen and oxygen atoms in total. The molecule has 1 heterocycles. The number of rotatable bonds is 2. The lowest BCUT2D eigenvalue weighted by molar-refractivity contribution is 0.112. The second kappa shape index (κ2) is 11.3. The van der Waals surface area contributed by atoms with E-state index in [1.165, 1.54) is 11.9 Å². The van der Waals surface area contributed by atoms with E-state index in [1.54, 1.807) is 11.3 Å². The zero-order valence-electron chi connectivity index (χ0n) is 8.83. The Morgan fingerprint density at radius 1 is 1.38 bits per heavy atom. The number of hydrogen-bond acceptors (Lipinski definition) is 3. The number of carbonyl (C=O) groups excluding carboxylic acids is 1. The van der Waals surface area contributed by atoms with Gasteiger partial charge in [0.15, 0.2) is 6.29 Å². The maximum absolute atomic E-state index is 10.1. The van der Waals surface area contributed by atoms with E-state index in [9.17, 15) is 4.79 Å². The number of hydrogen-bond donors (Lipinski definition) is 1. The van der Waals surface area contributed by atoms with Gasteiger partial charge in [-0.15, -0.1) is 11.3 Å². The summed E-state index contributed by atoms with van der Waals surface area (Å²) in [5, 5.41) is 0. The smallest absolute Gasteiger partial charge is 0.160 e. The molecule has 0 atom stereocenters. The summed E-state index contributed by atoms with van der Waals surface area (Å²) in [6.07, 6.45) is 1.92.